The van der Waals surface area contributed by atoms with E-state index in [1.165, 1.54) is 10.7 Å². The second-order valence-corrected chi connectivity index (χ2v) is 8.26. The van der Waals surface area contributed by atoms with E-state index < -0.39 is 0 Å². The first kappa shape index (κ1) is 19.6. The van der Waals surface area contributed by atoms with Crippen molar-refractivity contribution >= 4 is 27.5 Å². The zero-order chi connectivity index (χ0) is 21.2. The van der Waals surface area contributed by atoms with Crippen LogP contribution < -0.4 is 5.56 Å². The number of hydrogen-bond donors (Lipinski definition) is 0. The van der Waals surface area contributed by atoms with Gasteiger partial charge in [-0.3, -0.25) is 14.5 Å². The molecule has 10 heteroatoms. The van der Waals surface area contributed by atoms with Crippen molar-refractivity contribution in [2.75, 3.05) is 32.7 Å². The minimum absolute atomic E-state index is 0.0553. The van der Waals surface area contributed by atoms with Gasteiger partial charge in [-0.05, 0) is 30.3 Å². The largest absolute Gasteiger partial charge is 0.336 e. The Bertz CT molecular complexity index is 1260. The maximum absolute atomic E-state index is 12.9. The molecule has 31 heavy (non-hydrogen) atoms. The van der Waals surface area contributed by atoms with Gasteiger partial charge in [0.05, 0.1) is 22.3 Å². The molecule has 3 aromatic heterocycles. The van der Waals surface area contributed by atoms with E-state index in [0.29, 0.717) is 37.6 Å². The molecular weight excluding hydrogens is 414 g/mol. The van der Waals surface area contributed by atoms with Gasteiger partial charge in [0.15, 0.2) is 5.82 Å². The fourth-order valence-corrected chi connectivity index (χ4v) is 4.42. The van der Waals surface area contributed by atoms with Crippen LogP contribution in [0.3, 0.4) is 0 Å². The van der Waals surface area contributed by atoms with E-state index in [1.54, 1.807) is 40.0 Å². The molecule has 1 saturated heterocycles. The molecule has 0 bridgehead atoms. The van der Waals surface area contributed by atoms with Gasteiger partial charge in [0.2, 0.25) is 0 Å². The number of piperazine rings is 1. The molecule has 1 aliphatic heterocycles. The van der Waals surface area contributed by atoms with Crippen molar-refractivity contribution in [1.82, 2.24) is 34.3 Å². The Morgan fingerprint density at radius 1 is 1.06 bits per heavy atom. The molecule has 0 N–H and O–H groups in total. The highest BCUT2D eigenvalue weighted by Crippen LogP contribution is 2.20. The first-order valence-corrected chi connectivity index (χ1v) is 11.0. The molecule has 4 aromatic rings. The van der Waals surface area contributed by atoms with Gasteiger partial charge in [-0.1, -0.05) is 0 Å². The fraction of sp³-hybridized carbons (Fsp3) is 0.286. The Hall–Kier alpha value is -3.37. The van der Waals surface area contributed by atoms with Crippen LogP contribution >= 0.6 is 11.3 Å². The normalized spacial score (nSPS) is 14.9. The van der Waals surface area contributed by atoms with Crippen LogP contribution in [0.2, 0.25) is 0 Å². The SMILES string of the molecule is O=C(c1ccc2ncsc2c1)N1CCN(CCn2nc(-n3cccn3)ccc2=O)CC1. The smallest absolute Gasteiger partial charge is 0.266 e. The lowest BCUT2D eigenvalue weighted by atomic mass is 10.1. The highest BCUT2D eigenvalue weighted by molar-refractivity contribution is 7.16. The fourth-order valence-electron chi connectivity index (χ4n) is 3.71. The van der Waals surface area contributed by atoms with E-state index in [2.05, 4.69) is 20.1 Å². The molecular formula is C21H21N7O2S. The number of nitrogens with zero attached hydrogens (tertiary/aromatic N) is 7. The van der Waals surface area contributed by atoms with Gasteiger partial charge in [0.25, 0.3) is 11.5 Å². The number of fused-ring (bicyclic) bond motifs is 1. The Labute approximate surface area is 182 Å². The Balaban J connectivity index is 1.18. The lowest BCUT2D eigenvalue weighted by Crippen LogP contribution is -2.49. The van der Waals surface area contributed by atoms with Crippen molar-refractivity contribution in [2.45, 2.75) is 6.54 Å². The van der Waals surface area contributed by atoms with Gasteiger partial charge in [-0.2, -0.15) is 5.10 Å². The number of carbonyl (C=O) groups is 1. The summed E-state index contributed by atoms with van der Waals surface area (Å²) in [4.78, 5) is 33.5. The van der Waals surface area contributed by atoms with Crippen LogP contribution in [0.25, 0.3) is 16.0 Å². The van der Waals surface area contributed by atoms with Gasteiger partial charge in [-0.25, -0.2) is 14.3 Å². The molecule has 158 valence electrons. The lowest BCUT2D eigenvalue weighted by Gasteiger charge is -2.34. The number of carbonyl (C=O) groups excluding carboxylic acids is 1. The summed E-state index contributed by atoms with van der Waals surface area (Å²) in [6, 6.07) is 10.7. The molecule has 9 nitrogen and oxygen atoms in total. The molecule has 4 heterocycles. The third kappa shape index (κ3) is 4.12. The molecule has 1 aliphatic rings. The van der Waals surface area contributed by atoms with Gasteiger partial charge < -0.3 is 4.90 Å². The Morgan fingerprint density at radius 2 is 1.94 bits per heavy atom. The summed E-state index contributed by atoms with van der Waals surface area (Å²) in [5.74, 6) is 0.665. The van der Waals surface area contributed by atoms with Crippen LogP contribution in [0, 0.1) is 0 Å². The van der Waals surface area contributed by atoms with Crippen molar-refractivity contribution in [2.24, 2.45) is 0 Å². The van der Waals surface area contributed by atoms with Crippen molar-refractivity contribution in [3.63, 3.8) is 0 Å². The molecule has 0 radical (unpaired) electrons. The predicted octanol–water partition coefficient (Wildman–Crippen LogP) is 1.50. The molecule has 1 amide bonds. The van der Waals surface area contributed by atoms with E-state index in [9.17, 15) is 9.59 Å². The predicted molar refractivity (Wildman–Crippen MR) is 118 cm³/mol. The summed E-state index contributed by atoms with van der Waals surface area (Å²) in [5.41, 5.74) is 3.29. The zero-order valence-electron chi connectivity index (χ0n) is 16.8. The van der Waals surface area contributed by atoms with Gasteiger partial charge in [0, 0.05) is 56.7 Å². The highest BCUT2D eigenvalue weighted by atomic mass is 32.1. The van der Waals surface area contributed by atoms with Crippen LogP contribution in [0.1, 0.15) is 10.4 Å². The maximum Gasteiger partial charge on any atom is 0.266 e. The van der Waals surface area contributed by atoms with Crippen molar-refractivity contribution in [1.29, 1.82) is 0 Å². The molecule has 5 rings (SSSR count). The molecule has 1 aromatic carbocycles. The number of thiazole rings is 1. The van der Waals surface area contributed by atoms with Gasteiger partial charge in [-0.15, -0.1) is 16.4 Å². The standard InChI is InChI=1S/C21H21N7O2S/c29-20-5-4-19(27-7-1-6-23-27)24-28(20)13-10-25-8-11-26(12-9-25)21(30)16-2-3-17-18(14-16)31-15-22-17/h1-7,14-15H,8-13H2. The molecule has 0 atom stereocenters. The lowest BCUT2D eigenvalue weighted by molar-refractivity contribution is 0.0631. The van der Waals surface area contributed by atoms with Gasteiger partial charge >= 0.3 is 0 Å². The summed E-state index contributed by atoms with van der Waals surface area (Å²) < 4.78 is 4.13. The third-order valence-electron chi connectivity index (χ3n) is 5.46. The average molecular weight is 436 g/mol. The summed E-state index contributed by atoms with van der Waals surface area (Å²) in [5, 5.41) is 8.57. The quantitative estimate of drug-likeness (QED) is 0.472. The molecule has 1 fully saturated rings. The summed E-state index contributed by atoms with van der Waals surface area (Å²) in [6.07, 6.45) is 3.47. The average Bonchev–Trinajstić information content (AvgIpc) is 3.50. The minimum Gasteiger partial charge on any atom is -0.336 e. The molecule has 0 saturated carbocycles. The van der Waals surface area contributed by atoms with Gasteiger partial charge in [0.1, 0.15) is 0 Å². The van der Waals surface area contributed by atoms with E-state index in [4.69, 9.17) is 0 Å². The van der Waals surface area contributed by atoms with E-state index in [1.807, 2.05) is 29.2 Å². The highest BCUT2D eigenvalue weighted by Gasteiger charge is 2.22. The second-order valence-electron chi connectivity index (χ2n) is 7.37. The summed E-state index contributed by atoms with van der Waals surface area (Å²) in [7, 11) is 0. The van der Waals surface area contributed by atoms with Crippen LogP contribution in [-0.2, 0) is 6.54 Å². The first-order chi connectivity index (χ1) is 15.2. The van der Waals surface area contributed by atoms with E-state index in [-0.39, 0.29) is 11.5 Å². The van der Waals surface area contributed by atoms with Crippen LogP contribution in [0.4, 0.5) is 0 Å². The second kappa shape index (κ2) is 8.40. The molecule has 0 unspecified atom stereocenters. The number of benzene rings is 1. The van der Waals surface area contributed by atoms with Crippen molar-refractivity contribution < 1.29 is 4.79 Å². The maximum atomic E-state index is 12.9. The zero-order valence-corrected chi connectivity index (χ0v) is 17.6. The summed E-state index contributed by atoms with van der Waals surface area (Å²) >= 11 is 1.54. The monoisotopic (exact) mass is 435 g/mol. The number of hydrogen-bond acceptors (Lipinski definition) is 7. The van der Waals surface area contributed by atoms with E-state index in [0.717, 1.165) is 23.3 Å². The topological polar surface area (TPSA) is 89.2 Å². The van der Waals surface area contributed by atoms with E-state index >= 15 is 0 Å². The summed E-state index contributed by atoms with van der Waals surface area (Å²) in [6.45, 7) is 4.04. The number of amides is 1. The van der Waals surface area contributed by atoms with Crippen LogP contribution in [-0.4, -0.2) is 73.0 Å². The number of aromatic nitrogens is 5. The molecule has 0 aliphatic carbocycles. The molecule has 0 spiro atoms. The number of rotatable bonds is 5. The minimum atomic E-state index is -0.136. The van der Waals surface area contributed by atoms with Crippen LogP contribution in [0.5, 0.6) is 0 Å². The third-order valence-corrected chi connectivity index (χ3v) is 6.25. The van der Waals surface area contributed by atoms with Crippen molar-refractivity contribution in [3.8, 4) is 5.82 Å². The Morgan fingerprint density at radius 3 is 2.74 bits per heavy atom. The first-order valence-electron chi connectivity index (χ1n) is 10.1. The van der Waals surface area contributed by atoms with Crippen LogP contribution in [0.15, 0.2) is 59.1 Å². The van der Waals surface area contributed by atoms with Crippen molar-refractivity contribution in [3.05, 3.63) is 70.2 Å². The Kier molecular flexibility index (Phi) is 5.31.